The fourth-order valence-electron chi connectivity index (χ4n) is 3.64. The van der Waals surface area contributed by atoms with Crippen LogP contribution < -0.4 is 4.90 Å². The Kier molecular flexibility index (Phi) is 3.86. The van der Waals surface area contributed by atoms with Crippen molar-refractivity contribution < 1.29 is 0 Å². The molecule has 0 radical (unpaired) electrons. The van der Waals surface area contributed by atoms with Crippen molar-refractivity contribution in [3.63, 3.8) is 0 Å². The third-order valence-electron chi connectivity index (χ3n) is 4.67. The summed E-state index contributed by atoms with van der Waals surface area (Å²) in [6.45, 7) is 8.36. The number of rotatable bonds is 2. The second kappa shape index (κ2) is 5.45. The van der Waals surface area contributed by atoms with Crippen LogP contribution in [0.25, 0.3) is 0 Å². The fraction of sp³-hybridized carbons (Fsp3) is 0.625. The van der Waals surface area contributed by atoms with Gasteiger partial charge < -0.3 is 4.90 Å². The van der Waals surface area contributed by atoms with E-state index in [9.17, 15) is 0 Å². The molecular formula is C16H23BrN2. The van der Waals surface area contributed by atoms with Crippen LogP contribution in [0, 0.1) is 0 Å². The molecule has 3 rings (SSSR count). The number of anilines is 1. The molecule has 0 spiro atoms. The molecule has 0 bridgehead atoms. The summed E-state index contributed by atoms with van der Waals surface area (Å²) in [6, 6.07) is 8.17. The van der Waals surface area contributed by atoms with Gasteiger partial charge in [-0.1, -0.05) is 22.9 Å². The zero-order valence-corrected chi connectivity index (χ0v) is 13.5. The van der Waals surface area contributed by atoms with Gasteiger partial charge in [-0.2, -0.15) is 0 Å². The SMILES string of the molecule is CCc1cc(Br)ccc1N1CC2CCCN2CC1C. The highest BCUT2D eigenvalue weighted by molar-refractivity contribution is 9.10. The van der Waals surface area contributed by atoms with E-state index < -0.39 is 0 Å². The highest BCUT2D eigenvalue weighted by Gasteiger charge is 2.34. The van der Waals surface area contributed by atoms with E-state index in [-0.39, 0.29) is 0 Å². The molecule has 2 atom stereocenters. The van der Waals surface area contributed by atoms with Gasteiger partial charge in [-0.15, -0.1) is 0 Å². The molecule has 104 valence electrons. The molecule has 0 aromatic heterocycles. The maximum atomic E-state index is 3.59. The summed E-state index contributed by atoms with van der Waals surface area (Å²) < 4.78 is 1.19. The number of aryl methyl sites for hydroxylation is 1. The summed E-state index contributed by atoms with van der Waals surface area (Å²) in [5.41, 5.74) is 2.91. The number of halogens is 1. The average molecular weight is 323 g/mol. The van der Waals surface area contributed by atoms with Crippen LogP contribution in [0.5, 0.6) is 0 Å². The lowest BCUT2D eigenvalue weighted by Crippen LogP contribution is -2.55. The normalized spacial score (nSPS) is 27.6. The summed E-state index contributed by atoms with van der Waals surface area (Å²) in [5.74, 6) is 0. The molecule has 0 N–H and O–H groups in total. The summed E-state index contributed by atoms with van der Waals surface area (Å²) in [7, 11) is 0. The second-order valence-electron chi connectivity index (χ2n) is 5.92. The Morgan fingerprint density at radius 2 is 2.16 bits per heavy atom. The third kappa shape index (κ3) is 2.55. The van der Waals surface area contributed by atoms with Crippen LogP contribution >= 0.6 is 15.9 Å². The smallest absolute Gasteiger partial charge is 0.0402 e. The van der Waals surface area contributed by atoms with Gasteiger partial charge in [0.1, 0.15) is 0 Å². The van der Waals surface area contributed by atoms with Crippen molar-refractivity contribution in [1.29, 1.82) is 0 Å². The zero-order valence-electron chi connectivity index (χ0n) is 11.9. The van der Waals surface area contributed by atoms with Gasteiger partial charge in [-0.05, 0) is 56.5 Å². The van der Waals surface area contributed by atoms with Crippen LogP contribution in [0.4, 0.5) is 5.69 Å². The van der Waals surface area contributed by atoms with Gasteiger partial charge in [0.05, 0.1) is 0 Å². The predicted molar refractivity (Wildman–Crippen MR) is 84.9 cm³/mol. The summed E-state index contributed by atoms with van der Waals surface area (Å²) >= 11 is 3.59. The van der Waals surface area contributed by atoms with Gasteiger partial charge in [0.15, 0.2) is 0 Å². The van der Waals surface area contributed by atoms with Gasteiger partial charge in [0, 0.05) is 35.3 Å². The maximum Gasteiger partial charge on any atom is 0.0402 e. The monoisotopic (exact) mass is 322 g/mol. The molecule has 2 heterocycles. The standard InChI is InChI=1S/C16H23BrN2/c1-3-13-9-14(17)6-7-16(13)19-11-15-5-4-8-18(15)10-12(19)2/h6-7,9,12,15H,3-5,8,10-11H2,1-2H3. The molecule has 3 heteroatoms. The molecule has 2 nitrogen and oxygen atoms in total. The van der Waals surface area contributed by atoms with Gasteiger partial charge >= 0.3 is 0 Å². The van der Waals surface area contributed by atoms with Crippen LogP contribution in [0.15, 0.2) is 22.7 Å². The van der Waals surface area contributed by atoms with E-state index in [0.29, 0.717) is 6.04 Å². The first-order chi connectivity index (χ1) is 9.19. The van der Waals surface area contributed by atoms with E-state index in [0.717, 1.165) is 12.5 Å². The average Bonchev–Trinajstić information content (AvgIpc) is 2.85. The number of hydrogen-bond acceptors (Lipinski definition) is 2. The molecule has 2 aliphatic heterocycles. The fourth-order valence-corrected chi connectivity index (χ4v) is 4.05. The highest BCUT2D eigenvalue weighted by Crippen LogP contribution is 2.32. The molecule has 2 unspecified atom stereocenters. The molecule has 1 aromatic carbocycles. The van der Waals surface area contributed by atoms with Crippen molar-refractivity contribution in [3.05, 3.63) is 28.2 Å². The summed E-state index contributed by atoms with van der Waals surface area (Å²) in [5, 5.41) is 0. The van der Waals surface area contributed by atoms with Crippen LogP contribution in [0.2, 0.25) is 0 Å². The lowest BCUT2D eigenvalue weighted by molar-refractivity contribution is 0.203. The Balaban J connectivity index is 1.88. The van der Waals surface area contributed by atoms with Crippen molar-refractivity contribution in [1.82, 2.24) is 4.90 Å². The van der Waals surface area contributed by atoms with Crippen molar-refractivity contribution in [2.75, 3.05) is 24.5 Å². The first kappa shape index (κ1) is 13.4. The van der Waals surface area contributed by atoms with Crippen LogP contribution in [0.1, 0.15) is 32.3 Å². The van der Waals surface area contributed by atoms with E-state index in [1.54, 1.807) is 0 Å². The minimum absolute atomic E-state index is 0.626. The predicted octanol–water partition coefficient (Wildman–Crippen LogP) is 3.68. The zero-order chi connectivity index (χ0) is 13.4. The van der Waals surface area contributed by atoms with Crippen molar-refractivity contribution in [3.8, 4) is 0 Å². The van der Waals surface area contributed by atoms with E-state index in [1.807, 2.05) is 0 Å². The quantitative estimate of drug-likeness (QED) is 0.819. The van der Waals surface area contributed by atoms with Crippen molar-refractivity contribution in [2.24, 2.45) is 0 Å². The molecule has 0 amide bonds. The number of fused-ring (bicyclic) bond motifs is 1. The van der Waals surface area contributed by atoms with E-state index in [1.165, 1.54) is 48.2 Å². The number of hydrogen-bond donors (Lipinski definition) is 0. The van der Waals surface area contributed by atoms with Crippen molar-refractivity contribution >= 4 is 21.6 Å². The Morgan fingerprint density at radius 3 is 2.95 bits per heavy atom. The second-order valence-corrected chi connectivity index (χ2v) is 6.83. The lowest BCUT2D eigenvalue weighted by Gasteiger charge is -2.44. The maximum absolute atomic E-state index is 3.59. The Bertz CT molecular complexity index is 460. The van der Waals surface area contributed by atoms with E-state index in [4.69, 9.17) is 0 Å². The first-order valence-electron chi connectivity index (χ1n) is 7.48. The largest absolute Gasteiger partial charge is 0.366 e. The number of nitrogens with zero attached hydrogens (tertiary/aromatic N) is 2. The Hall–Kier alpha value is -0.540. The van der Waals surface area contributed by atoms with Crippen LogP contribution in [-0.2, 0) is 6.42 Å². The lowest BCUT2D eigenvalue weighted by atomic mass is 10.0. The van der Waals surface area contributed by atoms with Crippen LogP contribution in [0.3, 0.4) is 0 Å². The Labute approximate surface area is 124 Å². The molecule has 0 saturated carbocycles. The Morgan fingerprint density at radius 1 is 1.32 bits per heavy atom. The van der Waals surface area contributed by atoms with Crippen molar-refractivity contribution in [2.45, 2.75) is 45.2 Å². The molecule has 2 aliphatic rings. The first-order valence-corrected chi connectivity index (χ1v) is 8.27. The minimum Gasteiger partial charge on any atom is -0.366 e. The van der Waals surface area contributed by atoms with E-state index >= 15 is 0 Å². The van der Waals surface area contributed by atoms with E-state index in [2.05, 4.69) is 57.8 Å². The molecule has 2 fully saturated rings. The van der Waals surface area contributed by atoms with Crippen LogP contribution in [-0.4, -0.2) is 36.6 Å². The topological polar surface area (TPSA) is 6.48 Å². The third-order valence-corrected chi connectivity index (χ3v) is 5.16. The minimum atomic E-state index is 0.626. The number of benzene rings is 1. The number of piperazine rings is 1. The van der Waals surface area contributed by atoms with Gasteiger partial charge in [0.25, 0.3) is 0 Å². The van der Waals surface area contributed by atoms with Gasteiger partial charge in [-0.25, -0.2) is 0 Å². The van der Waals surface area contributed by atoms with Gasteiger partial charge in [0.2, 0.25) is 0 Å². The van der Waals surface area contributed by atoms with Gasteiger partial charge in [-0.3, -0.25) is 4.90 Å². The molecule has 2 saturated heterocycles. The molecule has 0 aliphatic carbocycles. The molecule has 1 aromatic rings. The molecule has 19 heavy (non-hydrogen) atoms. The summed E-state index contributed by atoms with van der Waals surface area (Å²) in [6.07, 6.45) is 3.86. The highest BCUT2D eigenvalue weighted by atomic mass is 79.9. The summed E-state index contributed by atoms with van der Waals surface area (Å²) in [4.78, 5) is 5.32. The molecular weight excluding hydrogens is 300 g/mol.